The fraction of sp³-hybridized carbons (Fsp3) is 0.667. The lowest BCUT2D eigenvalue weighted by Gasteiger charge is -2.26. The number of carbonyl (C=O) groups excluding carboxylic acids is 4. The molecule has 0 aliphatic rings. The van der Waals surface area contributed by atoms with Crippen molar-refractivity contribution in [3.63, 3.8) is 0 Å². The highest BCUT2D eigenvalue weighted by molar-refractivity contribution is 5.83. The smallest absolute Gasteiger partial charge is 0.408 e. The molecule has 0 bridgehead atoms. The molecule has 0 saturated carbocycles. The zero-order valence-corrected chi connectivity index (χ0v) is 26.4. The molecule has 0 aliphatic carbocycles. The van der Waals surface area contributed by atoms with Gasteiger partial charge < -0.3 is 34.5 Å². The molecular formula is C30H50N4O8. The van der Waals surface area contributed by atoms with Crippen molar-refractivity contribution in [1.82, 2.24) is 20.9 Å². The Hall–Kier alpha value is -3.38. The molecule has 12 nitrogen and oxygen atoms in total. The molecule has 1 rings (SSSR count). The third kappa shape index (κ3) is 18.1. The van der Waals surface area contributed by atoms with Gasteiger partial charge >= 0.3 is 18.2 Å². The van der Waals surface area contributed by atoms with Crippen molar-refractivity contribution in [2.24, 2.45) is 0 Å². The molecule has 42 heavy (non-hydrogen) atoms. The summed E-state index contributed by atoms with van der Waals surface area (Å²) >= 11 is 0. The van der Waals surface area contributed by atoms with E-state index in [1.165, 1.54) is 0 Å². The molecule has 0 aromatic heterocycles. The Morgan fingerprint density at radius 3 is 2.05 bits per heavy atom. The van der Waals surface area contributed by atoms with Crippen molar-refractivity contribution >= 4 is 24.1 Å². The van der Waals surface area contributed by atoms with Gasteiger partial charge in [0.05, 0.1) is 12.8 Å². The van der Waals surface area contributed by atoms with E-state index in [1.54, 1.807) is 46.4 Å². The highest BCUT2D eigenvalue weighted by Crippen LogP contribution is 2.11. The molecule has 0 spiro atoms. The number of alkyl carbamates (subject to hydrolysis) is 2. The van der Waals surface area contributed by atoms with Crippen LogP contribution in [0.25, 0.3) is 0 Å². The van der Waals surface area contributed by atoms with Gasteiger partial charge in [0.1, 0.15) is 23.9 Å². The lowest BCUT2D eigenvalue weighted by Crippen LogP contribution is -2.46. The van der Waals surface area contributed by atoms with Crippen LogP contribution < -0.4 is 16.0 Å². The summed E-state index contributed by atoms with van der Waals surface area (Å²) in [5, 5.41) is 8.32. The average Bonchev–Trinajstić information content (AvgIpc) is 2.86. The molecule has 238 valence electrons. The number of nitrogens with zero attached hydrogens (tertiary/aromatic N) is 1. The van der Waals surface area contributed by atoms with Crippen LogP contribution in [0.1, 0.15) is 73.8 Å². The summed E-state index contributed by atoms with van der Waals surface area (Å²) in [6.07, 6.45) is -1.38. The largest absolute Gasteiger partial charge is 0.459 e. The summed E-state index contributed by atoms with van der Waals surface area (Å²) in [6, 6.07) is 8.04. The quantitative estimate of drug-likeness (QED) is 0.113. The van der Waals surface area contributed by atoms with Gasteiger partial charge in [-0.2, -0.15) is 0 Å². The van der Waals surface area contributed by atoms with Gasteiger partial charge in [0, 0.05) is 32.6 Å². The molecule has 1 atom stereocenters. The molecule has 12 heteroatoms. The maximum atomic E-state index is 13.3. The van der Waals surface area contributed by atoms with Crippen LogP contribution in [0.5, 0.6) is 0 Å². The standard InChI is InChI=1S/C30H50N4O8/c1-22(2)40-21-31-16-18-34(19-17-32-27(37)41-29(3,4)5)25(35)15-14-24(33-28(38)42-30(6,7)8)26(36)39-20-23-12-10-9-11-13-23/h9-13,22,24,31H,14-21H2,1-8H3,(H,32,37)(H,33,38)/t24-/m0/s1. The van der Waals surface area contributed by atoms with Crippen LogP contribution in [0.4, 0.5) is 9.59 Å². The lowest BCUT2D eigenvalue weighted by molar-refractivity contribution is -0.148. The van der Waals surface area contributed by atoms with Crippen molar-refractivity contribution in [1.29, 1.82) is 0 Å². The number of amides is 3. The van der Waals surface area contributed by atoms with Crippen LogP contribution in [-0.2, 0) is 35.1 Å². The van der Waals surface area contributed by atoms with E-state index in [0.29, 0.717) is 19.8 Å². The van der Waals surface area contributed by atoms with E-state index in [0.717, 1.165) is 5.56 Å². The Kier molecular flexibility index (Phi) is 15.9. The van der Waals surface area contributed by atoms with Gasteiger partial charge in [0.2, 0.25) is 5.91 Å². The first kappa shape index (κ1) is 36.6. The highest BCUT2D eigenvalue weighted by atomic mass is 16.6. The first-order valence-corrected chi connectivity index (χ1v) is 14.3. The van der Waals surface area contributed by atoms with Gasteiger partial charge in [0.25, 0.3) is 0 Å². The molecule has 0 heterocycles. The minimum absolute atomic E-state index is 0.00835. The van der Waals surface area contributed by atoms with E-state index in [9.17, 15) is 19.2 Å². The van der Waals surface area contributed by atoms with E-state index in [2.05, 4.69) is 16.0 Å². The molecule has 1 aromatic carbocycles. The zero-order valence-electron chi connectivity index (χ0n) is 26.4. The van der Waals surface area contributed by atoms with Gasteiger partial charge in [0.15, 0.2) is 0 Å². The molecule has 0 unspecified atom stereocenters. The number of rotatable bonds is 16. The van der Waals surface area contributed by atoms with Crippen molar-refractivity contribution in [2.45, 2.75) is 98.2 Å². The van der Waals surface area contributed by atoms with E-state index >= 15 is 0 Å². The second kappa shape index (κ2) is 18.2. The number of hydrogen-bond acceptors (Lipinski definition) is 9. The van der Waals surface area contributed by atoms with Crippen LogP contribution >= 0.6 is 0 Å². The average molecular weight is 595 g/mol. The Bertz CT molecular complexity index is 974. The summed E-state index contributed by atoms with van der Waals surface area (Å²) in [5.41, 5.74) is -0.635. The van der Waals surface area contributed by atoms with Crippen LogP contribution in [0.3, 0.4) is 0 Å². The molecule has 3 N–H and O–H groups in total. The van der Waals surface area contributed by atoms with Crippen molar-refractivity contribution in [2.75, 3.05) is 32.9 Å². The molecule has 0 radical (unpaired) electrons. The predicted molar refractivity (Wildman–Crippen MR) is 159 cm³/mol. The van der Waals surface area contributed by atoms with Gasteiger partial charge in [-0.05, 0) is 67.4 Å². The molecular weight excluding hydrogens is 544 g/mol. The number of esters is 1. The Labute approximate surface area is 250 Å². The summed E-state index contributed by atoms with van der Waals surface area (Å²) in [7, 11) is 0. The van der Waals surface area contributed by atoms with E-state index < -0.39 is 35.4 Å². The van der Waals surface area contributed by atoms with E-state index in [1.807, 2.05) is 44.2 Å². The Morgan fingerprint density at radius 2 is 1.45 bits per heavy atom. The van der Waals surface area contributed by atoms with Gasteiger partial charge in [-0.15, -0.1) is 0 Å². The van der Waals surface area contributed by atoms with Gasteiger partial charge in [-0.1, -0.05) is 30.3 Å². The zero-order chi connectivity index (χ0) is 31.8. The summed E-state index contributed by atoms with van der Waals surface area (Å²) < 4.78 is 21.5. The maximum Gasteiger partial charge on any atom is 0.408 e. The number of ether oxygens (including phenoxy) is 4. The minimum atomic E-state index is -1.10. The Balaban J connectivity index is 2.85. The third-order valence-electron chi connectivity index (χ3n) is 5.33. The topological polar surface area (TPSA) is 145 Å². The molecule has 0 fully saturated rings. The van der Waals surface area contributed by atoms with Crippen LogP contribution in [0.15, 0.2) is 30.3 Å². The van der Waals surface area contributed by atoms with Gasteiger partial charge in [-0.3, -0.25) is 10.1 Å². The Morgan fingerprint density at radius 1 is 0.857 bits per heavy atom. The number of hydrogen-bond donors (Lipinski definition) is 3. The molecule has 0 saturated heterocycles. The third-order valence-corrected chi connectivity index (χ3v) is 5.33. The lowest BCUT2D eigenvalue weighted by atomic mass is 10.1. The fourth-order valence-electron chi connectivity index (χ4n) is 3.43. The summed E-state index contributed by atoms with van der Waals surface area (Å²) in [6.45, 7) is 15.8. The number of nitrogens with one attached hydrogen (secondary N) is 3. The first-order chi connectivity index (χ1) is 19.6. The number of carbonyl (C=O) groups is 4. The molecule has 0 aliphatic heterocycles. The first-order valence-electron chi connectivity index (χ1n) is 14.3. The van der Waals surface area contributed by atoms with Crippen molar-refractivity contribution < 1.29 is 38.1 Å². The van der Waals surface area contributed by atoms with Crippen molar-refractivity contribution in [3.05, 3.63) is 35.9 Å². The minimum Gasteiger partial charge on any atom is -0.459 e. The normalized spacial score (nSPS) is 12.3. The highest BCUT2D eigenvalue weighted by Gasteiger charge is 2.27. The maximum absolute atomic E-state index is 13.3. The second-order valence-electron chi connectivity index (χ2n) is 12.0. The molecule has 1 aromatic rings. The predicted octanol–water partition coefficient (Wildman–Crippen LogP) is 3.73. The van der Waals surface area contributed by atoms with Crippen LogP contribution in [0.2, 0.25) is 0 Å². The SMILES string of the molecule is CC(C)OCNCCN(CCNC(=O)OC(C)(C)C)C(=O)CC[C@H](NC(=O)OC(C)(C)C)C(=O)OCc1ccccc1. The van der Waals surface area contributed by atoms with E-state index in [4.69, 9.17) is 18.9 Å². The van der Waals surface area contributed by atoms with Gasteiger partial charge in [-0.25, -0.2) is 14.4 Å². The number of benzene rings is 1. The van der Waals surface area contributed by atoms with Crippen molar-refractivity contribution in [3.8, 4) is 0 Å². The summed E-state index contributed by atoms with van der Waals surface area (Å²) in [4.78, 5) is 52.3. The monoisotopic (exact) mass is 594 g/mol. The second-order valence-corrected chi connectivity index (χ2v) is 12.0. The fourth-order valence-corrected chi connectivity index (χ4v) is 3.43. The van der Waals surface area contributed by atoms with Crippen LogP contribution in [0, 0.1) is 0 Å². The van der Waals surface area contributed by atoms with Crippen LogP contribution in [-0.4, -0.2) is 85.2 Å². The summed E-state index contributed by atoms with van der Waals surface area (Å²) in [5.74, 6) is -0.942. The van der Waals surface area contributed by atoms with E-state index in [-0.39, 0.29) is 44.5 Å². The molecule has 3 amide bonds.